The van der Waals surface area contributed by atoms with Crippen molar-refractivity contribution in [2.75, 3.05) is 4.90 Å². The summed E-state index contributed by atoms with van der Waals surface area (Å²) in [6, 6.07) is 81.4. The van der Waals surface area contributed by atoms with Crippen molar-refractivity contribution >= 4 is 60.9 Å². The number of nitrogens with zero attached hydrogens (tertiary/aromatic N) is 1. The minimum Gasteiger partial charge on any atom is -0.456 e. The van der Waals surface area contributed by atoms with E-state index in [9.17, 15) is 0 Å². The fourth-order valence-electron chi connectivity index (χ4n) is 11.3. The van der Waals surface area contributed by atoms with Crippen LogP contribution >= 0.6 is 0 Å². The van der Waals surface area contributed by atoms with Crippen LogP contribution in [0.3, 0.4) is 0 Å². The molecule has 0 aliphatic heterocycles. The molecule has 0 saturated carbocycles. The maximum absolute atomic E-state index is 7.12. The minimum atomic E-state index is -0.488. The second kappa shape index (κ2) is 13.3. The smallest absolute Gasteiger partial charge is 0.144 e. The van der Waals surface area contributed by atoms with Crippen molar-refractivity contribution in [2.45, 2.75) is 5.41 Å². The number of furan rings is 2. The number of hydrogen-bond donors (Lipinski definition) is 0. The van der Waals surface area contributed by atoms with E-state index in [2.05, 4.69) is 223 Å². The first-order valence-electron chi connectivity index (χ1n) is 22.0. The quantitative estimate of drug-likeness (QED) is 0.173. The van der Waals surface area contributed by atoms with Crippen LogP contribution in [0.2, 0.25) is 0 Å². The molecule has 2 heterocycles. The SMILES string of the molecule is c1ccc(-c2cccc(N(c3ccc4c(c3)C3(c5ccccc5-c5ccccc53)c3ccccc3-4)c3cccc4oc5c(-c6ccccc6)c6c(cc5c34)oc3ccccc36)c2)cc1. The van der Waals surface area contributed by atoms with E-state index in [0.29, 0.717) is 0 Å². The lowest BCUT2D eigenvalue weighted by Crippen LogP contribution is -2.26. The molecule has 0 unspecified atom stereocenters. The normalized spacial score (nSPS) is 13.1. The van der Waals surface area contributed by atoms with Crippen LogP contribution in [-0.2, 0) is 5.41 Å². The first kappa shape index (κ1) is 35.2. The number of anilines is 3. The van der Waals surface area contributed by atoms with E-state index in [1.54, 1.807) is 0 Å². The maximum Gasteiger partial charge on any atom is 0.144 e. The van der Waals surface area contributed by atoms with Gasteiger partial charge in [0.2, 0.25) is 0 Å². The van der Waals surface area contributed by atoms with Gasteiger partial charge in [-0.25, -0.2) is 0 Å². The molecular weight excluding hydrogens is 779 g/mol. The van der Waals surface area contributed by atoms with E-state index in [4.69, 9.17) is 8.83 Å². The lowest BCUT2D eigenvalue weighted by Gasteiger charge is -2.32. The van der Waals surface area contributed by atoms with Crippen LogP contribution in [0, 0.1) is 0 Å². The van der Waals surface area contributed by atoms with Crippen LogP contribution < -0.4 is 4.90 Å². The standard InChI is InChI=1S/C61H37NO2/c1-3-17-38(18-4-1)40-21-15-22-41(35-40)62(42-33-34-46-45-25-9-13-29-51(45)61(52(46)36-42)49-27-11-7-23-43(49)44-24-8-12-28-50(44)61)53-30-16-32-55-58(53)48-37-56-59(47-26-10-14-31-54(47)63-56)57(60(48)64-55)39-19-5-2-6-20-39/h1-37H. The molecule has 10 aromatic carbocycles. The molecule has 1 spiro atoms. The molecule has 0 N–H and O–H groups in total. The Balaban J connectivity index is 1.08. The summed E-state index contributed by atoms with van der Waals surface area (Å²) in [6.07, 6.45) is 0. The number of rotatable bonds is 5. The summed E-state index contributed by atoms with van der Waals surface area (Å²) < 4.78 is 13.8. The van der Waals surface area contributed by atoms with E-state index in [-0.39, 0.29) is 0 Å². The van der Waals surface area contributed by atoms with Gasteiger partial charge in [0, 0.05) is 33.1 Å². The molecule has 2 aromatic heterocycles. The third-order valence-corrected chi connectivity index (χ3v) is 13.9. The average molecular weight is 816 g/mol. The summed E-state index contributed by atoms with van der Waals surface area (Å²) in [5.41, 5.74) is 20.8. The lowest BCUT2D eigenvalue weighted by molar-refractivity contribution is 0.664. The van der Waals surface area contributed by atoms with Gasteiger partial charge in [0.1, 0.15) is 22.3 Å². The van der Waals surface area contributed by atoms with Gasteiger partial charge in [-0.1, -0.05) is 176 Å². The number of fused-ring (bicyclic) bond motifs is 16. The molecule has 14 rings (SSSR count). The minimum absolute atomic E-state index is 0.488. The zero-order chi connectivity index (χ0) is 41.9. The fraction of sp³-hybridized carbons (Fsp3) is 0.0164. The topological polar surface area (TPSA) is 29.5 Å². The second-order valence-electron chi connectivity index (χ2n) is 17.1. The molecule has 0 radical (unpaired) electrons. The highest BCUT2D eigenvalue weighted by Gasteiger charge is 2.51. The van der Waals surface area contributed by atoms with E-state index >= 15 is 0 Å². The summed E-state index contributed by atoms with van der Waals surface area (Å²) in [5, 5.41) is 4.16. The molecule has 2 aliphatic rings. The predicted octanol–water partition coefficient (Wildman–Crippen LogP) is 16.6. The zero-order valence-corrected chi connectivity index (χ0v) is 34.6. The Morgan fingerprint density at radius 2 is 0.891 bits per heavy atom. The van der Waals surface area contributed by atoms with Gasteiger partial charge in [0.25, 0.3) is 0 Å². The molecule has 0 fully saturated rings. The van der Waals surface area contributed by atoms with Crippen LogP contribution in [0.25, 0.3) is 88.4 Å². The highest BCUT2D eigenvalue weighted by molar-refractivity contribution is 6.25. The molecule has 12 aromatic rings. The average Bonchev–Trinajstić information content (AvgIpc) is 4.09. The van der Waals surface area contributed by atoms with Crippen molar-refractivity contribution < 1.29 is 8.83 Å². The van der Waals surface area contributed by atoms with Crippen molar-refractivity contribution in [3.8, 4) is 44.5 Å². The summed E-state index contributed by atoms with van der Waals surface area (Å²) in [4.78, 5) is 2.44. The Morgan fingerprint density at radius 3 is 1.61 bits per heavy atom. The molecule has 298 valence electrons. The van der Waals surface area contributed by atoms with Gasteiger partial charge >= 0.3 is 0 Å². The summed E-state index contributed by atoms with van der Waals surface area (Å²) in [7, 11) is 0. The summed E-state index contributed by atoms with van der Waals surface area (Å²) in [5.74, 6) is 0. The Morgan fingerprint density at radius 1 is 0.328 bits per heavy atom. The van der Waals surface area contributed by atoms with Gasteiger partial charge in [-0.15, -0.1) is 0 Å². The van der Waals surface area contributed by atoms with E-state index in [0.717, 1.165) is 77.6 Å². The van der Waals surface area contributed by atoms with Crippen molar-refractivity contribution in [3.05, 3.63) is 247 Å². The Hall–Kier alpha value is -8.40. The van der Waals surface area contributed by atoms with Gasteiger partial charge in [0.05, 0.1) is 16.5 Å². The van der Waals surface area contributed by atoms with Crippen LogP contribution in [0.4, 0.5) is 17.1 Å². The van der Waals surface area contributed by atoms with Crippen molar-refractivity contribution in [1.82, 2.24) is 0 Å². The Bertz CT molecular complexity index is 3790. The van der Waals surface area contributed by atoms with Gasteiger partial charge in [-0.2, -0.15) is 0 Å². The molecule has 0 bridgehead atoms. The number of para-hydroxylation sites is 1. The van der Waals surface area contributed by atoms with E-state index < -0.39 is 5.41 Å². The van der Waals surface area contributed by atoms with Gasteiger partial charge in [-0.3, -0.25) is 0 Å². The highest BCUT2D eigenvalue weighted by atomic mass is 16.3. The third kappa shape index (κ3) is 4.76. The molecule has 0 atom stereocenters. The van der Waals surface area contributed by atoms with E-state index in [1.807, 2.05) is 6.07 Å². The second-order valence-corrected chi connectivity index (χ2v) is 17.1. The Kier molecular flexibility index (Phi) is 7.32. The monoisotopic (exact) mass is 815 g/mol. The van der Waals surface area contributed by atoms with Crippen molar-refractivity contribution in [1.29, 1.82) is 0 Å². The molecule has 2 aliphatic carbocycles. The van der Waals surface area contributed by atoms with Gasteiger partial charge < -0.3 is 13.7 Å². The van der Waals surface area contributed by atoms with Gasteiger partial charge in [0.15, 0.2) is 0 Å². The van der Waals surface area contributed by atoms with Crippen LogP contribution in [0.5, 0.6) is 0 Å². The number of benzene rings is 10. The molecular formula is C61H37NO2. The maximum atomic E-state index is 7.12. The first-order valence-corrected chi connectivity index (χ1v) is 22.0. The molecule has 3 heteroatoms. The van der Waals surface area contributed by atoms with Crippen LogP contribution in [0.1, 0.15) is 22.3 Å². The van der Waals surface area contributed by atoms with Gasteiger partial charge in [-0.05, 0) is 110 Å². The Labute approximate surface area is 369 Å². The van der Waals surface area contributed by atoms with E-state index in [1.165, 1.54) is 50.1 Å². The fourth-order valence-corrected chi connectivity index (χ4v) is 11.3. The van der Waals surface area contributed by atoms with Crippen molar-refractivity contribution in [3.63, 3.8) is 0 Å². The predicted molar refractivity (Wildman–Crippen MR) is 263 cm³/mol. The molecule has 0 amide bonds. The van der Waals surface area contributed by atoms with Crippen molar-refractivity contribution in [2.24, 2.45) is 0 Å². The molecule has 0 saturated heterocycles. The lowest BCUT2D eigenvalue weighted by atomic mass is 9.70. The van der Waals surface area contributed by atoms with Crippen LogP contribution in [0.15, 0.2) is 233 Å². The first-order chi connectivity index (χ1) is 31.8. The largest absolute Gasteiger partial charge is 0.456 e. The summed E-state index contributed by atoms with van der Waals surface area (Å²) >= 11 is 0. The van der Waals surface area contributed by atoms with Crippen LogP contribution in [-0.4, -0.2) is 0 Å². The number of hydrogen-bond acceptors (Lipinski definition) is 3. The molecule has 3 nitrogen and oxygen atoms in total. The highest BCUT2D eigenvalue weighted by Crippen LogP contribution is 2.63. The zero-order valence-electron chi connectivity index (χ0n) is 34.6. The third-order valence-electron chi connectivity index (χ3n) is 13.9. The summed E-state index contributed by atoms with van der Waals surface area (Å²) in [6.45, 7) is 0. The molecule has 64 heavy (non-hydrogen) atoms.